The zero-order valence-electron chi connectivity index (χ0n) is 11.3. The summed E-state index contributed by atoms with van der Waals surface area (Å²) < 4.78 is 4.50. The molecule has 0 aromatic carbocycles. The van der Waals surface area contributed by atoms with Crippen molar-refractivity contribution in [1.82, 2.24) is 4.57 Å². The monoisotopic (exact) mass is 389 g/mol. The average molecular weight is 391 g/mol. The first-order chi connectivity index (χ1) is 9.36. The molecular formula is C15H23Br2N2+. The van der Waals surface area contributed by atoms with Crippen molar-refractivity contribution in [3.63, 3.8) is 0 Å². The number of imidazole rings is 1. The van der Waals surface area contributed by atoms with Crippen molar-refractivity contribution in [3.05, 3.63) is 43.0 Å². The Morgan fingerprint density at radius 1 is 0.895 bits per heavy atom. The van der Waals surface area contributed by atoms with Gasteiger partial charge in [0.2, 0.25) is 6.33 Å². The Labute approximate surface area is 133 Å². The van der Waals surface area contributed by atoms with E-state index in [9.17, 15) is 0 Å². The molecule has 0 atom stereocenters. The highest BCUT2D eigenvalue weighted by Gasteiger charge is 2.01. The predicted octanol–water partition coefficient (Wildman–Crippen LogP) is 4.24. The quantitative estimate of drug-likeness (QED) is 0.321. The van der Waals surface area contributed by atoms with E-state index in [2.05, 4.69) is 84.0 Å². The standard InChI is InChI=1S/C15H23Br2N2/c16-9-5-1-3-7-11-18-13-14-19(15-18)12-8-4-2-6-10-17/h1-4,13-15H,5-12H2/q+1/b3-1-,4-2-. The number of nitrogens with zero attached hydrogens (tertiary/aromatic N) is 2. The molecule has 4 heteroatoms. The van der Waals surface area contributed by atoms with Crippen molar-refractivity contribution in [1.29, 1.82) is 0 Å². The molecule has 1 aromatic rings. The molecule has 1 rings (SSSR count). The van der Waals surface area contributed by atoms with Gasteiger partial charge in [0.1, 0.15) is 12.4 Å². The Kier molecular flexibility index (Phi) is 10.1. The lowest BCUT2D eigenvalue weighted by Crippen LogP contribution is -2.30. The molecule has 0 aliphatic rings. The molecule has 0 aliphatic carbocycles. The Hall–Kier alpha value is -0.350. The molecule has 1 aromatic heterocycles. The zero-order chi connectivity index (χ0) is 13.8. The van der Waals surface area contributed by atoms with Gasteiger partial charge in [0.25, 0.3) is 0 Å². The number of aromatic nitrogens is 2. The minimum atomic E-state index is 1.05. The number of aryl methyl sites for hydroxylation is 2. The van der Waals surface area contributed by atoms with Gasteiger partial charge in [0.05, 0.1) is 13.1 Å². The summed E-state index contributed by atoms with van der Waals surface area (Å²) in [6.45, 7) is 2.12. The van der Waals surface area contributed by atoms with Gasteiger partial charge in [0.15, 0.2) is 0 Å². The van der Waals surface area contributed by atoms with E-state index in [0.29, 0.717) is 0 Å². The Balaban J connectivity index is 2.20. The van der Waals surface area contributed by atoms with Crippen molar-refractivity contribution in [3.8, 4) is 0 Å². The van der Waals surface area contributed by atoms with Crippen LogP contribution in [0, 0.1) is 0 Å². The fourth-order valence-corrected chi connectivity index (χ4v) is 2.28. The maximum absolute atomic E-state index is 3.42. The molecule has 0 saturated heterocycles. The van der Waals surface area contributed by atoms with Crippen LogP contribution >= 0.6 is 31.9 Å². The minimum absolute atomic E-state index is 1.05. The van der Waals surface area contributed by atoms with Crippen LogP contribution in [-0.4, -0.2) is 15.2 Å². The molecule has 106 valence electrons. The minimum Gasteiger partial charge on any atom is -0.237 e. The van der Waals surface area contributed by atoms with Gasteiger partial charge in [-0.2, -0.15) is 0 Å². The number of allylic oxidation sites excluding steroid dienone is 4. The van der Waals surface area contributed by atoms with Gasteiger partial charge < -0.3 is 0 Å². The average Bonchev–Trinajstić information content (AvgIpc) is 2.86. The van der Waals surface area contributed by atoms with Crippen molar-refractivity contribution < 1.29 is 4.57 Å². The third-order valence-electron chi connectivity index (χ3n) is 2.74. The van der Waals surface area contributed by atoms with Crippen LogP contribution in [0.5, 0.6) is 0 Å². The molecule has 0 N–H and O–H groups in total. The Bertz CT molecular complexity index is 349. The number of rotatable bonds is 10. The summed E-state index contributed by atoms with van der Waals surface area (Å²) in [5.74, 6) is 0. The van der Waals surface area contributed by atoms with Crippen LogP contribution in [-0.2, 0) is 13.1 Å². The molecule has 0 bridgehead atoms. The number of halogens is 2. The normalized spacial score (nSPS) is 11.9. The van der Waals surface area contributed by atoms with E-state index in [0.717, 1.165) is 49.4 Å². The van der Waals surface area contributed by atoms with Crippen LogP contribution in [0.4, 0.5) is 0 Å². The third kappa shape index (κ3) is 8.43. The molecule has 0 amide bonds. The van der Waals surface area contributed by atoms with Crippen molar-refractivity contribution in [2.24, 2.45) is 0 Å². The molecule has 19 heavy (non-hydrogen) atoms. The highest BCUT2D eigenvalue weighted by molar-refractivity contribution is 9.09. The van der Waals surface area contributed by atoms with E-state index < -0.39 is 0 Å². The smallest absolute Gasteiger partial charge is 0.237 e. The van der Waals surface area contributed by atoms with Crippen LogP contribution in [0.25, 0.3) is 0 Å². The topological polar surface area (TPSA) is 8.81 Å². The second-order valence-electron chi connectivity index (χ2n) is 4.36. The lowest BCUT2D eigenvalue weighted by atomic mass is 10.3. The first-order valence-electron chi connectivity index (χ1n) is 6.83. The highest BCUT2D eigenvalue weighted by Crippen LogP contribution is 1.96. The molecule has 2 nitrogen and oxygen atoms in total. The van der Waals surface area contributed by atoms with Gasteiger partial charge >= 0.3 is 0 Å². The van der Waals surface area contributed by atoms with Crippen LogP contribution in [0.3, 0.4) is 0 Å². The van der Waals surface area contributed by atoms with Gasteiger partial charge in [-0.25, -0.2) is 9.13 Å². The van der Waals surface area contributed by atoms with E-state index >= 15 is 0 Å². The van der Waals surface area contributed by atoms with Crippen molar-refractivity contribution in [2.45, 2.75) is 38.8 Å². The maximum Gasteiger partial charge on any atom is 0.243 e. The molecule has 0 radical (unpaired) electrons. The van der Waals surface area contributed by atoms with Gasteiger partial charge in [-0.1, -0.05) is 56.2 Å². The zero-order valence-corrected chi connectivity index (χ0v) is 14.5. The van der Waals surface area contributed by atoms with E-state index in [1.165, 1.54) is 0 Å². The number of hydrogen-bond acceptors (Lipinski definition) is 0. The summed E-state index contributed by atoms with van der Waals surface area (Å²) in [5.41, 5.74) is 0. The maximum atomic E-state index is 3.42. The molecular weight excluding hydrogens is 368 g/mol. The lowest BCUT2D eigenvalue weighted by molar-refractivity contribution is -0.695. The molecule has 1 heterocycles. The first kappa shape index (κ1) is 16.7. The SMILES string of the molecule is BrCC/C=C\CCn1cc[n+](CC/C=C\CCBr)c1. The largest absolute Gasteiger partial charge is 0.243 e. The summed E-state index contributed by atoms with van der Waals surface area (Å²) in [7, 11) is 0. The summed E-state index contributed by atoms with van der Waals surface area (Å²) in [4.78, 5) is 0. The van der Waals surface area contributed by atoms with Crippen LogP contribution in [0.1, 0.15) is 25.7 Å². The predicted molar refractivity (Wildman–Crippen MR) is 89.0 cm³/mol. The van der Waals surface area contributed by atoms with Gasteiger partial charge in [-0.05, 0) is 12.8 Å². The van der Waals surface area contributed by atoms with Gasteiger partial charge in [-0.3, -0.25) is 0 Å². The second-order valence-corrected chi connectivity index (χ2v) is 5.95. The molecule has 0 aliphatic heterocycles. The van der Waals surface area contributed by atoms with Crippen molar-refractivity contribution in [2.75, 3.05) is 10.7 Å². The van der Waals surface area contributed by atoms with Gasteiger partial charge in [-0.15, -0.1) is 0 Å². The second kappa shape index (κ2) is 11.5. The van der Waals surface area contributed by atoms with E-state index in [-0.39, 0.29) is 0 Å². The van der Waals surface area contributed by atoms with Crippen LogP contribution in [0.2, 0.25) is 0 Å². The van der Waals surface area contributed by atoms with E-state index in [1.54, 1.807) is 0 Å². The first-order valence-corrected chi connectivity index (χ1v) is 9.08. The summed E-state index contributed by atoms with van der Waals surface area (Å²) >= 11 is 6.84. The van der Waals surface area contributed by atoms with E-state index in [1.807, 2.05) is 0 Å². The van der Waals surface area contributed by atoms with Crippen molar-refractivity contribution >= 4 is 31.9 Å². The summed E-state index contributed by atoms with van der Waals surface area (Å²) in [5, 5.41) is 2.10. The summed E-state index contributed by atoms with van der Waals surface area (Å²) in [6, 6.07) is 0. The highest BCUT2D eigenvalue weighted by atomic mass is 79.9. The fraction of sp³-hybridized carbons (Fsp3) is 0.533. The Morgan fingerprint density at radius 3 is 2.21 bits per heavy atom. The van der Waals surface area contributed by atoms with Crippen LogP contribution in [0.15, 0.2) is 43.0 Å². The number of hydrogen-bond donors (Lipinski definition) is 0. The van der Waals surface area contributed by atoms with Crippen LogP contribution < -0.4 is 4.57 Å². The number of alkyl halides is 2. The Morgan fingerprint density at radius 2 is 1.53 bits per heavy atom. The summed E-state index contributed by atoms with van der Waals surface area (Å²) in [6.07, 6.45) is 19.9. The van der Waals surface area contributed by atoms with Gasteiger partial charge in [0, 0.05) is 23.5 Å². The molecule has 0 fully saturated rings. The lowest BCUT2D eigenvalue weighted by Gasteiger charge is -1.93. The molecule has 0 unspecified atom stereocenters. The molecule has 0 spiro atoms. The molecule has 0 saturated carbocycles. The van der Waals surface area contributed by atoms with E-state index in [4.69, 9.17) is 0 Å². The third-order valence-corrected chi connectivity index (χ3v) is 3.65. The fourth-order valence-electron chi connectivity index (χ4n) is 1.75.